The van der Waals surface area contributed by atoms with Crippen LogP contribution >= 0.6 is 34.5 Å². The quantitative estimate of drug-likeness (QED) is 0.492. The topological polar surface area (TPSA) is 40.6 Å². The minimum atomic E-state index is -0.376. The highest BCUT2D eigenvalue weighted by Crippen LogP contribution is 2.37. The van der Waals surface area contributed by atoms with Gasteiger partial charge in [0.25, 0.3) is 5.91 Å². The van der Waals surface area contributed by atoms with E-state index in [4.69, 9.17) is 23.2 Å². The van der Waals surface area contributed by atoms with Gasteiger partial charge < -0.3 is 9.80 Å². The van der Waals surface area contributed by atoms with E-state index in [1.807, 2.05) is 6.07 Å². The lowest BCUT2D eigenvalue weighted by atomic mass is 10.2. The first kappa shape index (κ1) is 20.8. The van der Waals surface area contributed by atoms with E-state index in [9.17, 15) is 14.0 Å². The van der Waals surface area contributed by atoms with Gasteiger partial charge in [-0.1, -0.05) is 47.5 Å². The molecule has 0 saturated carbocycles. The molecule has 4 nitrogen and oxygen atoms in total. The zero-order valence-electron chi connectivity index (χ0n) is 15.8. The number of benzene rings is 2. The van der Waals surface area contributed by atoms with E-state index in [1.165, 1.54) is 29.6 Å². The molecular formula is C22H17Cl2FN2O2S. The van der Waals surface area contributed by atoms with Crippen molar-refractivity contribution in [3.63, 3.8) is 0 Å². The Morgan fingerprint density at radius 2 is 1.70 bits per heavy atom. The summed E-state index contributed by atoms with van der Waals surface area (Å²) in [4.78, 5) is 29.2. The summed E-state index contributed by atoms with van der Waals surface area (Å²) in [7, 11) is 0. The lowest BCUT2D eigenvalue weighted by Gasteiger charge is -2.34. The van der Waals surface area contributed by atoms with Gasteiger partial charge in [-0.3, -0.25) is 9.59 Å². The molecule has 4 rings (SSSR count). The maximum atomic E-state index is 13.7. The fraction of sp³-hybridized carbons (Fsp3) is 0.182. The summed E-state index contributed by atoms with van der Waals surface area (Å²) in [5.74, 6) is -0.732. The number of fused-ring (bicyclic) bond motifs is 1. The second kappa shape index (κ2) is 8.76. The van der Waals surface area contributed by atoms with Crippen LogP contribution < -0.4 is 0 Å². The summed E-state index contributed by atoms with van der Waals surface area (Å²) in [6, 6.07) is 11.6. The first-order valence-corrected chi connectivity index (χ1v) is 10.9. The highest BCUT2D eigenvalue weighted by molar-refractivity contribution is 7.21. The first-order valence-electron chi connectivity index (χ1n) is 9.32. The van der Waals surface area contributed by atoms with Crippen LogP contribution in [0, 0.1) is 5.82 Å². The fourth-order valence-electron chi connectivity index (χ4n) is 3.33. The molecule has 0 radical (unpaired) electrons. The van der Waals surface area contributed by atoms with E-state index < -0.39 is 0 Å². The van der Waals surface area contributed by atoms with E-state index >= 15 is 0 Å². The number of carbonyl (C=O) groups excluding carboxylic acids is 2. The number of piperazine rings is 1. The molecule has 1 aromatic heterocycles. The van der Waals surface area contributed by atoms with Crippen LogP contribution in [0.3, 0.4) is 0 Å². The fourth-order valence-corrected chi connectivity index (χ4v) is 5.08. The number of thiophene rings is 1. The molecule has 0 aliphatic carbocycles. The molecule has 8 heteroatoms. The molecule has 3 aromatic rings. The smallest absolute Gasteiger partial charge is 0.265 e. The van der Waals surface area contributed by atoms with Crippen molar-refractivity contribution in [1.29, 1.82) is 0 Å². The van der Waals surface area contributed by atoms with Crippen molar-refractivity contribution >= 4 is 62.5 Å². The van der Waals surface area contributed by atoms with Crippen molar-refractivity contribution in [2.75, 3.05) is 26.2 Å². The van der Waals surface area contributed by atoms with Crippen LogP contribution in [0.25, 0.3) is 16.2 Å². The molecule has 0 unspecified atom stereocenters. The Bertz CT molecular complexity index is 1150. The summed E-state index contributed by atoms with van der Waals surface area (Å²) in [6.45, 7) is 1.62. The summed E-state index contributed by atoms with van der Waals surface area (Å²) in [5.41, 5.74) is 0.360. The molecule has 0 bridgehead atoms. The lowest BCUT2D eigenvalue weighted by Crippen LogP contribution is -2.50. The Morgan fingerprint density at radius 3 is 2.43 bits per heavy atom. The largest absolute Gasteiger partial charge is 0.336 e. The Hall–Kier alpha value is -2.41. The van der Waals surface area contributed by atoms with Gasteiger partial charge in [0.1, 0.15) is 10.7 Å². The van der Waals surface area contributed by atoms with Gasteiger partial charge in [0, 0.05) is 52.9 Å². The van der Waals surface area contributed by atoms with Crippen LogP contribution in [-0.4, -0.2) is 47.8 Å². The average Bonchev–Trinajstić information content (AvgIpc) is 3.08. The second-order valence-electron chi connectivity index (χ2n) is 6.86. The molecule has 30 heavy (non-hydrogen) atoms. The third-order valence-corrected chi connectivity index (χ3v) is 6.86. The van der Waals surface area contributed by atoms with Crippen molar-refractivity contribution in [2.45, 2.75) is 0 Å². The van der Waals surface area contributed by atoms with E-state index in [1.54, 1.807) is 40.1 Å². The number of rotatable bonds is 3. The van der Waals surface area contributed by atoms with E-state index in [2.05, 4.69) is 0 Å². The van der Waals surface area contributed by atoms with Gasteiger partial charge in [-0.25, -0.2) is 4.39 Å². The van der Waals surface area contributed by atoms with Gasteiger partial charge in [-0.2, -0.15) is 0 Å². The Balaban J connectivity index is 1.41. The van der Waals surface area contributed by atoms with E-state index in [-0.39, 0.29) is 17.6 Å². The van der Waals surface area contributed by atoms with Gasteiger partial charge in [0.05, 0.1) is 5.02 Å². The minimum absolute atomic E-state index is 0.147. The van der Waals surface area contributed by atoms with E-state index in [0.717, 1.165) is 10.1 Å². The molecule has 1 fully saturated rings. The zero-order chi connectivity index (χ0) is 21.3. The Labute approximate surface area is 187 Å². The van der Waals surface area contributed by atoms with Crippen LogP contribution in [0.5, 0.6) is 0 Å². The van der Waals surface area contributed by atoms with Crippen molar-refractivity contribution in [1.82, 2.24) is 9.80 Å². The molecule has 1 aliphatic rings. The third-order valence-electron chi connectivity index (χ3n) is 4.97. The minimum Gasteiger partial charge on any atom is -0.336 e. The van der Waals surface area contributed by atoms with Crippen molar-refractivity contribution in [2.24, 2.45) is 0 Å². The van der Waals surface area contributed by atoms with Gasteiger partial charge >= 0.3 is 0 Å². The number of hydrogen-bond donors (Lipinski definition) is 0. The second-order valence-corrected chi connectivity index (χ2v) is 8.72. The molecule has 1 aliphatic heterocycles. The molecule has 154 valence electrons. The van der Waals surface area contributed by atoms with Gasteiger partial charge in [-0.05, 0) is 24.3 Å². The monoisotopic (exact) mass is 462 g/mol. The lowest BCUT2D eigenvalue weighted by molar-refractivity contribution is -0.127. The molecule has 1 saturated heterocycles. The van der Waals surface area contributed by atoms with E-state index in [0.29, 0.717) is 46.7 Å². The van der Waals surface area contributed by atoms with Crippen LogP contribution in [0.1, 0.15) is 15.2 Å². The normalized spacial score (nSPS) is 14.6. The Morgan fingerprint density at radius 1 is 1.00 bits per heavy atom. The standard InChI is InChI=1S/C22H17Cl2FN2O2S/c23-15-6-7-16-18(13-15)30-21(20(16)24)22(29)27-11-9-26(10-12-27)19(28)8-5-14-3-1-2-4-17(14)25/h1-8,13H,9-12H2/b8-5+. The van der Waals surface area contributed by atoms with Crippen molar-refractivity contribution < 1.29 is 14.0 Å². The molecule has 0 N–H and O–H groups in total. The molecule has 2 amide bonds. The molecule has 0 spiro atoms. The number of amides is 2. The summed E-state index contributed by atoms with van der Waals surface area (Å²) >= 11 is 13.8. The zero-order valence-corrected chi connectivity index (χ0v) is 18.1. The molecular weight excluding hydrogens is 446 g/mol. The highest BCUT2D eigenvalue weighted by Gasteiger charge is 2.27. The van der Waals surface area contributed by atoms with Gasteiger partial charge in [0.15, 0.2) is 0 Å². The summed E-state index contributed by atoms with van der Waals surface area (Å²) in [6.07, 6.45) is 2.83. The third kappa shape index (κ3) is 4.21. The van der Waals surface area contributed by atoms with Crippen LogP contribution in [0.15, 0.2) is 48.5 Å². The number of carbonyl (C=O) groups is 2. The van der Waals surface area contributed by atoms with Crippen molar-refractivity contribution in [3.05, 3.63) is 74.8 Å². The van der Waals surface area contributed by atoms with Crippen LogP contribution in [0.4, 0.5) is 4.39 Å². The number of halogens is 3. The summed E-state index contributed by atoms with van der Waals surface area (Å²) < 4.78 is 14.5. The SMILES string of the molecule is O=C(/C=C/c1ccccc1F)N1CCN(C(=O)c2sc3cc(Cl)ccc3c2Cl)CC1. The summed E-state index contributed by atoms with van der Waals surface area (Å²) in [5, 5.41) is 1.83. The molecule has 0 atom stereocenters. The van der Waals surface area contributed by atoms with Crippen LogP contribution in [-0.2, 0) is 4.79 Å². The number of nitrogens with zero attached hydrogens (tertiary/aromatic N) is 2. The van der Waals surface area contributed by atoms with Gasteiger partial charge in [-0.15, -0.1) is 11.3 Å². The maximum Gasteiger partial charge on any atom is 0.265 e. The van der Waals surface area contributed by atoms with Crippen LogP contribution in [0.2, 0.25) is 10.0 Å². The Kier molecular flexibility index (Phi) is 6.09. The predicted octanol–water partition coefficient (Wildman–Crippen LogP) is 5.35. The number of hydrogen-bond acceptors (Lipinski definition) is 3. The average molecular weight is 463 g/mol. The predicted molar refractivity (Wildman–Crippen MR) is 120 cm³/mol. The molecule has 2 heterocycles. The highest BCUT2D eigenvalue weighted by atomic mass is 35.5. The van der Waals surface area contributed by atoms with Crippen molar-refractivity contribution in [3.8, 4) is 0 Å². The maximum absolute atomic E-state index is 13.7. The molecule has 2 aromatic carbocycles. The first-order chi connectivity index (χ1) is 14.4. The van der Waals surface area contributed by atoms with Gasteiger partial charge in [0.2, 0.25) is 5.91 Å².